The number of aryl methyl sites for hydroxylation is 1. The first-order valence-electron chi connectivity index (χ1n) is 11.6. The molecule has 0 radical (unpaired) electrons. The van der Waals surface area contributed by atoms with Gasteiger partial charge in [-0.25, -0.2) is 4.98 Å². The Labute approximate surface area is 199 Å². The third-order valence-electron chi connectivity index (χ3n) is 6.31. The maximum Gasteiger partial charge on any atom is 0.306 e. The van der Waals surface area contributed by atoms with Gasteiger partial charge in [0.2, 0.25) is 5.91 Å². The number of rotatable bonds is 9. The molecule has 1 amide bonds. The van der Waals surface area contributed by atoms with Crippen LogP contribution in [0.1, 0.15) is 54.1 Å². The number of carboxylic acid groups (broad SMARTS) is 1. The van der Waals surface area contributed by atoms with Crippen LogP contribution < -0.4 is 4.74 Å². The minimum atomic E-state index is -0.885. The summed E-state index contributed by atoms with van der Waals surface area (Å²) in [6, 6.07) is 15.6. The minimum Gasteiger partial charge on any atom is -0.489 e. The number of carboxylic acids is 1. The van der Waals surface area contributed by atoms with Crippen molar-refractivity contribution in [3.05, 3.63) is 83.1 Å². The molecule has 1 aliphatic rings. The first kappa shape index (κ1) is 23.5. The van der Waals surface area contributed by atoms with Gasteiger partial charge in [0.1, 0.15) is 18.1 Å². The number of nitrogens with zero attached hydrogens (tertiary/aromatic N) is 2. The summed E-state index contributed by atoms with van der Waals surface area (Å²) in [5.41, 5.74) is 3.27. The standard InChI is InChI=1S/C27H30N2O5/c1-18-6-3-4-7-21(18)17-33-22-11-9-20(10-12-22)15-26(30)29-13-5-8-23(29)24-16-28-25(34-24)14-19(2)27(31)32/h3-4,6-7,9-12,16,19,23H,5,8,13-15,17H2,1-2H3,(H,31,32). The van der Waals surface area contributed by atoms with Crippen LogP contribution in [0.5, 0.6) is 5.75 Å². The number of oxazole rings is 1. The lowest BCUT2D eigenvalue weighted by Gasteiger charge is -2.23. The van der Waals surface area contributed by atoms with E-state index >= 15 is 0 Å². The van der Waals surface area contributed by atoms with Crippen LogP contribution in [-0.2, 0) is 29.0 Å². The van der Waals surface area contributed by atoms with E-state index in [9.17, 15) is 9.59 Å². The van der Waals surface area contributed by atoms with Crippen LogP contribution in [0.2, 0.25) is 0 Å². The summed E-state index contributed by atoms with van der Waals surface area (Å²) in [5.74, 6) is 0.362. The fraction of sp³-hybridized carbons (Fsp3) is 0.370. The zero-order valence-electron chi connectivity index (χ0n) is 19.6. The number of carbonyl (C=O) groups is 2. The van der Waals surface area contributed by atoms with Crippen LogP contribution in [-0.4, -0.2) is 33.4 Å². The highest BCUT2D eigenvalue weighted by molar-refractivity contribution is 5.79. The molecule has 34 heavy (non-hydrogen) atoms. The van der Waals surface area contributed by atoms with Crippen LogP contribution in [0.15, 0.2) is 59.1 Å². The normalized spacial score (nSPS) is 16.4. The van der Waals surface area contributed by atoms with Gasteiger partial charge >= 0.3 is 5.97 Å². The van der Waals surface area contributed by atoms with Gasteiger partial charge in [0.05, 0.1) is 24.6 Å². The van der Waals surface area contributed by atoms with E-state index in [1.807, 2.05) is 41.3 Å². The molecule has 3 aromatic rings. The third-order valence-corrected chi connectivity index (χ3v) is 6.31. The number of likely N-dealkylation sites (tertiary alicyclic amines) is 1. The van der Waals surface area contributed by atoms with Gasteiger partial charge < -0.3 is 19.2 Å². The van der Waals surface area contributed by atoms with Crippen molar-refractivity contribution in [2.45, 2.75) is 52.2 Å². The van der Waals surface area contributed by atoms with Gasteiger partial charge in [0.15, 0.2) is 5.89 Å². The predicted octanol–water partition coefficient (Wildman–Crippen LogP) is 4.73. The number of amides is 1. The summed E-state index contributed by atoms with van der Waals surface area (Å²) in [6.07, 6.45) is 3.85. The number of aromatic nitrogens is 1. The van der Waals surface area contributed by atoms with E-state index in [4.69, 9.17) is 14.3 Å². The van der Waals surface area contributed by atoms with Gasteiger partial charge in [0.25, 0.3) is 0 Å². The number of benzene rings is 2. The molecule has 1 fully saturated rings. The van der Waals surface area contributed by atoms with Crippen LogP contribution in [0.25, 0.3) is 0 Å². The number of carbonyl (C=O) groups excluding carboxylic acids is 1. The average Bonchev–Trinajstić information content (AvgIpc) is 3.49. The van der Waals surface area contributed by atoms with Gasteiger partial charge in [-0.1, -0.05) is 43.3 Å². The van der Waals surface area contributed by atoms with Crippen LogP contribution >= 0.6 is 0 Å². The highest BCUT2D eigenvalue weighted by Gasteiger charge is 2.32. The first-order chi connectivity index (χ1) is 16.4. The molecule has 1 aliphatic heterocycles. The second-order valence-corrected chi connectivity index (χ2v) is 8.88. The van der Waals surface area contributed by atoms with Crippen LogP contribution in [0.4, 0.5) is 0 Å². The van der Waals surface area contributed by atoms with Crippen molar-refractivity contribution in [2.75, 3.05) is 6.54 Å². The Balaban J connectivity index is 1.34. The van der Waals surface area contributed by atoms with Crippen molar-refractivity contribution in [1.82, 2.24) is 9.88 Å². The van der Waals surface area contributed by atoms with E-state index in [1.54, 1.807) is 13.1 Å². The number of ether oxygens (including phenoxy) is 1. The number of hydrogen-bond donors (Lipinski definition) is 1. The van der Waals surface area contributed by atoms with Crippen molar-refractivity contribution in [3.63, 3.8) is 0 Å². The van der Waals surface area contributed by atoms with E-state index in [1.165, 1.54) is 5.56 Å². The summed E-state index contributed by atoms with van der Waals surface area (Å²) in [4.78, 5) is 30.2. The molecule has 178 valence electrons. The molecule has 0 spiro atoms. The first-order valence-corrected chi connectivity index (χ1v) is 11.6. The molecule has 1 N–H and O–H groups in total. The molecular weight excluding hydrogens is 432 g/mol. The van der Waals surface area contributed by atoms with E-state index in [2.05, 4.69) is 24.0 Å². The molecule has 0 saturated carbocycles. The number of aliphatic carboxylic acids is 1. The molecule has 0 aliphatic carbocycles. The van der Waals surface area contributed by atoms with Crippen molar-refractivity contribution < 1.29 is 23.8 Å². The van der Waals surface area contributed by atoms with Gasteiger partial charge in [0, 0.05) is 13.0 Å². The average molecular weight is 463 g/mol. The molecule has 2 atom stereocenters. The Kier molecular flexibility index (Phi) is 7.30. The summed E-state index contributed by atoms with van der Waals surface area (Å²) < 4.78 is 11.7. The van der Waals surface area contributed by atoms with Crippen molar-refractivity contribution >= 4 is 11.9 Å². The zero-order chi connectivity index (χ0) is 24.1. The maximum absolute atomic E-state index is 13.1. The van der Waals surface area contributed by atoms with E-state index < -0.39 is 11.9 Å². The smallest absolute Gasteiger partial charge is 0.306 e. The summed E-state index contributed by atoms with van der Waals surface area (Å²) in [6.45, 7) is 4.86. The largest absolute Gasteiger partial charge is 0.489 e. The molecule has 4 rings (SSSR count). The van der Waals surface area contributed by atoms with Gasteiger partial charge in [-0.05, 0) is 48.6 Å². The Hall–Kier alpha value is -3.61. The summed E-state index contributed by atoms with van der Waals surface area (Å²) >= 11 is 0. The lowest BCUT2D eigenvalue weighted by molar-refractivity contribution is -0.141. The third kappa shape index (κ3) is 5.65. The molecule has 2 heterocycles. The maximum atomic E-state index is 13.1. The molecule has 1 saturated heterocycles. The lowest BCUT2D eigenvalue weighted by Crippen LogP contribution is -2.31. The van der Waals surface area contributed by atoms with Gasteiger partial charge in [-0.15, -0.1) is 0 Å². The number of hydrogen-bond acceptors (Lipinski definition) is 5. The quantitative estimate of drug-likeness (QED) is 0.494. The van der Waals surface area contributed by atoms with Crippen molar-refractivity contribution in [1.29, 1.82) is 0 Å². The SMILES string of the molecule is Cc1ccccc1COc1ccc(CC(=O)N2CCCC2c2cnc(CC(C)C(=O)O)o2)cc1. The van der Waals surface area contributed by atoms with Crippen LogP contribution in [0.3, 0.4) is 0 Å². The highest BCUT2D eigenvalue weighted by Crippen LogP contribution is 2.33. The second kappa shape index (κ2) is 10.5. The van der Waals surface area contributed by atoms with E-state index in [0.29, 0.717) is 31.2 Å². The Morgan fingerprint density at radius 2 is 1.97 bits per heavy atom. The Morgan fingerprint density at radius 1 is 1.21 bits per heavy atom. The van der Waals surface area contributed by atoms with Crippen molar-refractivity contribution in [3.8, 4) is 5.75 Å². The van der Waals surface area contributed by atoms with Crippen LogP contribution in [0, 0.1) is 12.8 Å². The molecule has 2 aromatic carbocycles. The zero-order valence-corrected chi connectivity index (χ0v) is 19.6. The van der Waals surface area contributed by atoms with Gasteiger partial charge in [-0.2, -0.15) is 0 Å². The highest BCUT2D eigenvalue weighted by atomic mass is 16.5. The van der Waals surface area contributed by atoms with Crippen molar-refractivity contribution in [2.24, 2.45) is 5.92 Å². The predicted molar refractivity (Wildman–Crippen MR) is 126 cm³/mol. The Morgan fingerprint density at radius 3 is 2.71 bits per heavy atom. The molecular formula is C27H30N2O5. The fourth-order valence-electron chi connectivity index (χ4n) is 4.20. The fourth-order valence-corrected chi connectivity index (χ4v) is 4.20. The topological polar surface area (TPSA) is 92.9 Å². The van der Waals surface area contributed by atoms with E-state index in [0.717, 1.165) is 29.7 Å². The monoisotopic (exact) mass is 462 g/mol. The summed E-state index contributed by atoms with van der Waals surface area (Å²) in [5, 5.41) is 9.10. The lowest BCUT2D eigenvalue weighted by atomic mass is 10.1. The second-order valence-electron chi connectivity index (χ2n) is 8.88. The molecule has 2 unspecified atom stereocenters. The molecule has 7 nitrogen and oxygen atoms in total. The molecule has 7 heteroatoms. The molecule has 1 aromatic heterocycles. The van der Waals surface area contributed by atoms with Gasteiger partial charge in [-0.3, -0.25) is 9.59 Å². The minimum absolute atomic E-state index is 0.0351. The molecule has 0 bridgehead atoms. The Bertz CT molecular complexity index is 1140. The van der Waals surface area contributed by atoms with E-state index in [-0.39, 0.29) is 18.4 Å². The summed E-state index contributed by atoms with van der Waals surface area (Å²) in [7, 11) is 0.